The number of aromatic nitrogens is 3. The van der Waals surface area contributed by atoms with Gasteiger partial charge < -0.3 is 0 Å². The normalized spacial score (nSPS) is 11.6. The molecule has 0 unspecified atom stereocenters. The Hall–Kier alpha value is -5.23. The molecular weight excluding hydrogens is 575 g/mol. The van der Waals surface area contributed by atoms with Gasteiger partial charge in [0.05, 0.1) is 0 Å². The van der Waals surface area contributed by atoms with Gasteiger partial charge in [0.25, 0.3) is 0 Å². The zero-order valence-corrected chi connectivity index (χ0v) is 25.1. The lowest BCUT2D eigenvalue weighted by Gasteiger charge is -2.08. The van der Waals surface area contributed by atoms with Crippen molar-refractivity contribution < 1.29 is 0 Å². The summed E-state index contributed by atoms with van der Waals surface area (Å²) in [6, 6.07) is 49.2. The van der Waals surface area contributed by atoms with E-state index in [1.54, 1.807) is 0 Å². The first-order valence-electron chi connectivity index (χ1n) is 14.5. The van der Waals surface area contributed by atoms with Crippen LogP contribution >= 0.6 is 22.7 Å². The molecule has 0 atom stereocenters. The number of rotatable bonds is 4. The zero-order valence-electron chi connectivity index (χ0n) is 23.4. The molecule has 3 aromatic heterocycles. The maximum absolute atomic E-state index is 4.94. The smallest absolute Gasteiger partial charge is 0.164 e. The Bertz CT molecular complexity index is 2440. The Labute approximate surface area is 261 Å². The van der Waals surface area contributed by atoms with E-state index in [-0.39, 0.29) is 0 Å². The molecule has 0 spiro atoms. The van der Waals surface area contributed by atoms with Gasteiger partial charge in [-0.1, -0.05) is 109 Å². The molecule has 0 saturated heterocycles. The van der Waals surface area contributed by atoms with Crippen LogP contribution in [0.1, 0.15) is 0 Å². The van der Waals surface area contributed by atoms with Crippen LogP contribution in [-0.2, 0) is 0 Å². The maximum atomic E-state index is 4.94. The monoisotopic (exact) mass is 597 g/mol. The molecule has 0 aliphatic heterocycles. The van der Waals surface area contributed by atoms with Crippen molar-refractivity contribution in [2.75, 3.05) is 0 Å². The number of thiophene rings is 2. The van der Waals surface area contributed by atoms with E-state index in [0.717, 1.165) is 16.7 Å². The number of benzene rings is 6. The second-order valence-electron chi connectivity index (χ2n) is 10.9. The van der Waals surface area contributed by atoms with Crippen molar-refractivity contribution in [1.82, 2.24) is 15.0 Å². The van der Waals surface area contributed by atoms with E-state index in [1.807, 2.05) is 83.3 Å². The van der Waals surface area contributed by atoms with Crippen molar-refractivity contribution >= 4 is 63.0 Å². The number of hydrogen-bond donors (Lipinski definition) is 0. The van der Waals surface area contributed by atoms with Crippen LogP contribution in [0.5, 0.6) is 0 Å². The highest BCUT2D eigenvalue weighted by atomic mass is 32.1. The van der Waals surface area contributed by atoms with Gasteiger partial charge in [-0.2, -0.15) is 0 Å². The number of fused-ring (bicyclic) bond motifs is 6. The molecule has 0 bridgehead atoms. The Morgan fingerprint density at radius 1 is 0.295 bits per heavy atom. The van der Waals surface area contributed by atoms with Crippen LogP contribution < -0.4 is 0 Å². The van der Waals surface area contributed by atoms with E-state index in [1.165, 1.54) is 51.5 Å². The number of nitrogens with zero attached hydrogens (tertiary/aromatic N) is 3. The SMILES string of the molecule is c1ccc(-c2nc(-c3ccccc3)nc(-c3ccc4c(c3)sc3cc(-c5ccc6sc7ccccc7c6c5)ccc34)n2)cc1. The van der Waals surface area contributed by atoms with E-state index < -0.39 is 0 Å². The molecule has 0 aliphatic rings. The molecule has 5 heteroatoms. The summed E-state index contributed by atoms with van der Waals surface area (Å²) in [5.41, 5.74) is 5.40. The summed E-state index contributed by atoms with van der Waals surface area (Å²) in [5, 5.41) is 5.17. The fourth-order valence-corrected chi connectivity index (χ4v) is 8.21. The summed E-state index contributed by atoms with van der Waals surface area (Å²) in [6.45, 7) is 0. The van der Waals surface area contributed by atoms with Crippen LogP contribution in [0, 0.1) is 0 Å². The van der Waals surface area contributed by atoms with Crippen LogP contribution in [0.4, 0.5) is 0 Å². The first-order chi connectivity index (χ1) is 21.8. The Morgan fingerprint density at radius 2 is 0.750 bits per heavy atom. The fraction of sp³-hybridized carbons (Fsp3) is 0. The van der Waals surface area contributed by atoms with Crippen LogP contribution in [0.15, 0.2) is 140 Å². The zero-order chi connectivity index (χ0) is 29.0. The first kappa shape index (κ1) is 25.3. The van der Waals surface area contributed by atoms with E-state index in [0.29, 0.717) is 17.5 Å². The van der Waals surface area contributed by atoms with Crippen LogP contribution in [0.2, 0.25) is 0 Å². The third-order valence-electron chi connectivity index (χ3n) is 8.14. The third kappa shape index (κ3) is 4.29. The quantitative estimate of drug-likeness (QED) is 0.203. The molecule has 6 aromatic carbocycles. The van der Waals surface area contributed by atoms with Crippen LogP contribution in [-0.4, -0.2) is 15.0 Å². The highest BCUT2D eigenvalue weighted by Crippen LogP contribution is 2.40. The van der Waals surface area contributed by atoms with Crippen molar-refractivity contribution in [2.45, 2.75) is 0 Å². The number of hydrogen-bond acceptors (Lipinski definition) is 5. The molecule has 3 nitrogen and oxygen atoms in total. The standard InChI is InChI=1S/C39H23N3S2/c1-3-9-24(10-4-1)37-40-38(25-11-5-2-6-12-25)42-39(41-37)28-16-19-31-30-18-15-27(22-35(30)44-36(31)23-28)26-17-20-34-32(21-26)29-13-7-8-14-33(29)43-34/h1-23H. The van der Waals surface area contributed by atoms with Gasteiger partial charge in [-0.15, -0.1) is 22.7 Å². The molecular formula is C39H23N3S2. The predicted molar refractivity (Wildman–Crippen MR) is 187 cm³/mol. The van der Waals surface area contributed by atoms with E-state index in [9.17, 15) is 0 Å². The second-order valence-corrected chi connectivity index (χ2v) is 13.0. The molecule has 3 heterocycles. The molecule has 44 heavy (non-hydrogen) atoms. The lowest BCUT2D eigenvalue weighted by atomic mass is 10.0. The molecule has 9 rings (SSSR count). The Morgan fingerprint density at radius 3 is 1.43 bits per heavy atom. The van der Waals surface area contributed by atoms with Crippen molar-refractivity contribution in [3.05, 3.63) is 140 Å². The van der Waals surface area contributed by atoms with Gasteiger partial charge in [-0.05, 0) is 41.5 Å². The van der Waals surface area contributed by atoms with Gasteiger partial charge >= 0.3 is 0 Å². The van der Waals surface area contributed by atoms with Crippen molar-refractivity contribution in [2.24, 2.45) is 0 Å². The highest BCUT2D eigenvalue weighted by molar-refractivity contribution is 7.26. The van der Waals surface area contributed by atoms with E-state index >= 15 is 0 Å². The van der Waals surface area contributed by atoms with Crippen molar-refractivity contribution in [3.8, 4) is 45.3 Å². The van der Waals surface area contributed by atoms with Gasteiger partial charge in [-0.3, -0.25) is 0 Å². The molecule has 0 aliphatic carbocycles. The minimum absolute atomic E-state index is 0.672. The lowest BCUT2D eigenvalue weighted by Crippen LogP contribution is -1.99. The van der Waals surface area contributed by atoms with Crippen molar-refractivity contribution in [1.29, 1.82) is 0 Å². The van der Waals surface area contributed by atoms with Gasteiger partial charge in [0.1, 0.15) is 0 Å². The molecule has 9 aromatic rings. The van der Waals surface area contributed by atoms with Gasteiger partial charge in [0.15, 0.2) is 17.5 Å². The summed E-state index contributed by atoms with van der Waals surface area (Å²) in [7, 11) is 0. The minimum atomic E-state index is 0.672. The molecule has 0 radical (unpaired) electrons. The molecule has 0 amide bonds. The summed E-state index contributed by atoms with van der Waals surface area (Å²) >= 11 is 3.68. The Kier molecular flexibility index (Phi) is 5.86. The Balaban J connectivity index is 1.15. The van der Waals surface area contributed by atoms with E-state index in [4.69, 9.17) is 15.0 Å². The second kappa shape index (κ2) is 10.2. The topological polar surface area (TPSA) is 38.7 Å². The maximum Gasteiger partial charge on any atom is 0.164 e. The predicted octanol–water partition coefficient (Wildman–Crippen LogP) is 11.3. The van der Waals surface area contributed by atoms with Crippen molar-refractivity contribution in [3.63, 3.8) is 0 Å². The summed E-state index contributed by atoms with van der Waals surface area (Å²) in [6.07, 6.45) is 0. The van der Waals surface area contributed by atoms with Crippen LogP contribution in [0.3, 0.4) is 0 Å². The minimum Gasteiger partial charge on any atom is -0.208 e. The highest BCUT2D eigenvalue weighted by Gasteiger charge is 2.15. The molecule has 0 fully saturated rings. The van der Waals surface area contributed by atoms with E-state index in [2.05, 4.69) is 78.9 Å². The van der Waals surface area contributed by atoms with Crippen LogP contribution in [0.25, 0.3) is 85.6 Å². The first-order valence-corrected chi connectivity index (χ1v) is 16.2. The third-order valence-corrected chi connectivity index (χ3v) is 10.4. The summed E-state index contributed by atoms with van der Waals surface area (Å²) in [5.74, 6) is 2.02. The molecule has 206 valence electrons. The summed E-state index contributed by atoms with van der Waals surface area (Å²) in [4.78, 5) is 14.7. The fourth-order valence-electron chi connectivity index (χ4n) is 5.94. The largest absolute Gasteiger partial charge is 0.208 e. The molecule has 0 saturated carbocycles. The van der Waals surface area contributed by atoms with Gasteiger partial charge in [-0.25, -0.2) is 15.0 Å². The van der Waals surface area contributed by atoms with Gasteiger partial charge in [0, 0.05) is 57.0 Å². The lowest BCUT2D eigenvalue weighted by molar-refractivity contribution is 1.07. The average molecular weight is 598 g/mol. The average Bonchev–Trinajstić information content (AvgIpc) is 3.66. The van der Waals surface area contributed by atoms with Gasteiger partial charge in [0.2, 0.25) is 0 Å². The summed E-state index contributed by atoms with van der Waals surface area (Å²) < 4.78 is 5.15. The molecule has 0 N–H and O–H groups in total.